The van der Waals surface area contributed by atoms with Gasteiger partial charge in [0.25, 0.3) is 11.1 Å². The molecule has 0 aliphatic heterocycles. The van der Waals surface area contributed by atoms with Gasteiger partial charge in [0.05, 0.1) is 21.2 Å². The van der Waals surface area contributed by atoms with Gasteiger partial charge in [-0.15, -0.1) is 21.6 Å². The van der Waals surface area contributed by atoms with Crippen LogP contribution >= 0.6 is 0 Å². The van der Waals surface area contributed by atoms with Gasteiger partial charge in [0.2, 0.25) is 20.0 Å². The summed E-state index contributed by atoms with van der Waals surface area (Å²) in [5.74, 6) is -1.04. The fourth-order valence-corrected chi connectivity index (χ4v) is 6.14. The van der Waals surface area contributed by atoms with E-state index in [1.807, 2.05) is 12.1 Å². The number of nitrogens with zero attached hydrogens (tertiary/aromatic N) is 8. The summed E-state index contributed by atoms with van der Waals surface area (Å²) in [5.41, 5.74) is 0.369. The zero-order chi connectivity index (χ0) is 39.2. The number of sulfonamides is 2. The predicted molar refractivity (Wildman–Crippen MR) is 193 cm³/mol. The van der Waals surface area contributed by atoms with Crippen LogP contribution in [-0.2, 0) is 37.4 Å². The first kappa shape index (κ1) is 45.4. The molecular weight excluding hydrogens is 816 g/mol. The van der Waals surface area contributed by atoms with Crippen molar-refractivity contribution in [2.75, 3.05) is 14.1 Å². The summed E-state index contributed by atoms with van der Waals surface area (Å²) in [6.45, 7) is 3.18. The molecule has 0 unspecified atom stereocenters. The van der Waals surface area contributed by atoms with E-state index >= 15 is 0 Å². The van der Waals surface area contributed by atoms with Crippen molar-refractivity contribution >= 4 is 42.8 Å². The van der Waals surface area contributed by atoms with E-state index in [9.17, 15) is 36.6 Å². The van der Waals surface area contributed by atoms with Crippen LogP contribution in [0.1, 0.15) is 11.4 Å². The zero-order valence-corrected chi connectivity index (χ0v) is 35.2. The van der Waals surface area contributed by atoms with Gasteiger partial charge >= 0.3 is 46.9 Å². The normalized spacial score (nSPS) is 11.5. The number of azo groups is 2. The summed E-state index contributed by atoms with van der Waals surface area (Å²) in [6, 6.07) is 24.3. The summed E-state index contributed by atoms with van der Waals surface area (Å²) >= 11 is 0. The Morgan fingerprint density at radius 3 is 1.23 bits per heavy atom. The van der Waals surface area contributed by atoms with Crippen molar-refractivity contribution in [1.29, 1.82) is 0 Å². The molecule has 2 N–H and O–H groups in total. The molecule has 56 heavy (non-hydrogen) atoms. The Bertz CT molecular complexity index is 2530. The molecule has 0 bridgehead atoms. The van der Waals surface area contributed by atoms with Gasteiger partial charge in [0.1, 0.15) is 11.4 Å². The Morgan fingerprint density at radius 2 is 0.911 bits per heavy atom. The maximum Gasteiger partial charge on any atom is 3.00 e. The first-order valence-electron chi connectivity index (χ1n) is 15.6. The molecule has 0 atom stereocenters. The Labute approximate surface area is 353 Å². The molecule has 0 amide bonds. The molecule has 0 saturated carbocycles. The van der Waals surface area contributed by atoms with Crippen LogP contribution in [0.2, 0.25) is 0 Å². The van der Waals surface area contributed by atoms with E-state index in [4.69, 9.17) is 0 Å². The summed E-state index contributed by atoms with van der Waals surface area (Å²) < 4.78 is 54.1. The average Bonchev–Trinajstić information content (AvgIpc) is 3.63. The monoisotopic (exact) mass is 845 g/mol. The van der Waals surface area contributed by atoms with Crippen molar-refractivity contribution in [3.05, 3.63) is 129 Å². The van der Waals surface area contributed by atoms with Crippen molar-refractivity contribution in [3.8, 4) is 22.9 Å². The summed E-state index contributed by atoms with van der Waals surface area (Å²) in [7, 11) is -4.96. The number of hydrogen-bond donors (Lipinski definition) is 2. The molecule has 0 spiro atoms. The Balaban J connectivity index is 0.000000290. The fourth-order valence-electron chi connectivity index (χ4n) is 4.64. The number of benzene rings is 4. The van der Waals surface area contributed by atoms with Crippen molar-refractivity contribution in [3.63, 3.8) is 0 Å². The minimum atomic E-state index is -3.74. The van der Waals surface area contributed by atoms with Crippen molar-refractivity contribution in [1.82, 2.24) is 29.0 Å². The number of hydrogen-bond acceptors (Lipinski definition) is 12. The van der Waals surface area contributed by atoms with Crippen LogP contribution < -0.4 is 70.5 Å². The standard InChI is InChI=1S/2C17H17N5O4S.Cr.Na/c2*1-11-16(17(24)22(21-11)12-6-4-3-5-7-12)20-19-14-10-13(8-9-15(14)23)27(25,26)18-2;;/h2*3-10,18H,1-2H3,(H2,19,20,21,23,24);;/q;;+3;+1/p-4. The van der Waals surface area contributed by atoms with Crippen LogP contribution in [0.25, 0.3) is 11.4 Å². The number of rotatable bonds is 10. The number of aryl methyl sites for hydroxylation is 2. The van der Waals surface area contributed by atoms with E-state index in [0.29, 0.717) is 22.8 Å². The van der Waals surface area contributed by atoms with Crippen LogP contribution in [0.3, 0.4) is 0 Å². The third kappa shape index (κ3) is 10.3. The molecule has 2 aromatic heterocycles. The van der Waals surface area contributed by atoms with E-state index in [1.165, 1.54) is 35.6 Å². The topological polar surface area (TPSA) is 260 Å². The SMILES string of the molecule is CNS(=O)(=O)c1ccc([O-])c(N=Nc2c(C)[n-]n(-c3ccccc3)c2=O)c1.CNS(=O)(=O)c1ccc([O-])c(N=Nc2c(C)[n-]n(-c3ccccc3)c2=O)c1.[Cr+3].[Na+]. The average molecular weight is 846 g/mol. The summed E-state index contributed by atoms with van der Waals surface area (Å²) in [4.78, 5) is 24.8. The minimum Gasteiger partial charge on any atom is -0.871 e. The molecule has 0 fully saturated rings. The molecule has 1 radical (unpaired) electrons. The van der Waals surface area contributed by atoms with Crippen LogP contribution in [0.5, 0.6) is 11.5 Å². The van der Waals surface area contributed by atoms with Gasteiger partial charge in [-0.25, -0.2) is 26.3 Å². The Morgan fingerprint density at radius 1 is 0.571 bits per heavy atom. The van der Waals surface area contributed by atoms with Gasteiger partial charge in [-0.2, -0.15) is 10.2 Å². The van der Waals surface area contributed by atoms with E-state index in [2.05, 4.69) is 40.1 Å². The van der Waals surface area contributed by atoms with Gasteiger partial charge in [-0.05, 0) is 62.6 Å². The molecule has 0 aliphatic carbocycles. The Hall–Kier alpha value is -4.95. The van der Waals surface area contributed by atoms with Gasteiger partial charge in [0, 0.05) is 11.4 Å². The van der Waals surface area contributed by atoms with Crippen molar-refractivity contribution in [2.24, 2.45) is 20.5 Å². The van der Waals surface area contributed by atoms with Gasteiger partial charge in [0.15, 0.2) is 0 Å². The van der Waals surface area contributed by atoms with Crippen LogP contribution in [0.15, 0.2) is 137 Å². The quantitative estimate of drug-likeness (QED) is 0.138. The Kier molecular flexibility index (Phi) is 15.6. The van der Waals surface area contributed by atoms with Crippen LogP contribution in [0.4, 0.5) is 22.7 Å². The molecule has 2 heterocycles. The second kappa shape index (κ2) is 19.3. The third-order valence-corrected chi connectivity index (χ3v) is 10.3. The number of nitrogens with one attached hydrogen (secondary N) is 2. The first-order chi connectivity index (χ1) is 25.7. The molecule has 0 saturated heterocycles. The van der Waals surface area contributed by atoms with Gasteiger partial charge in [-0.3, -0.25) is 9.59 Å². The van der Waals surface area contributed by atoms with E-state index in [0.717, 1.165) is 24.3 Å². The van der Waals surface area contributed by atoms with Crippen LogP contribution in [0, 0.1) is 13.8 Å². The molecule has 6 aromatic rings. The van der Waals surface area contributed by atoms with Crippen molar-refractivity contribution < 1.29 is 74.0 Å². The van der Waals surface area contributed by atoms with Gasteiger partial charge in [-0.1, -0.05) is 73.9 Å². The van der Waals surface area contributed by atoms with E-state index in [1.54, 1.807) is 62.4 Å². The van der Waals surface area contributed by atoms with Gasteiger partial charge < -0.3 is 29.8 Å². The largest absolute Gasteiger partial charge is 3.00 e. The smallest absolute Gasteiger partial charge is 0.871 e. The minimum absolute atomic E-state index is 0. The molecule has 18 nitrogen and oxygen atoms in total. The second-order valence-electron chi connectivity index (χ2n) is 11.0. The summed E-state index contributed by atoms with van der Waals surface area (Å²) in [6.07, 6.45) is 0. The molecule has 4 aromatic carbocycles. The number of para-hydroxylation sites is 2. The predicted octanol–water partition coefficient (Wildman–Crippen LogP) is 0.00194. The maximum atomic E-state index is 12.5. The molecule has 283 valence electrons. The summed E-state index contributed by atoms with van der Waals surface area (Å²) in [5, 5.41) is 47.4. The maximum absolute atomic E-state index is 12.5. The molecule has 6 rings (SSSR count). The van der Waals surface area contributed by atoms with Crippen LogP contribution in [-0.4, -0.2) is 40.3 Å². The second-order valence-corrected chi connectivity index (χ2v) is 14.8. The zero-order valence-electron chi connectivity index (χ0n) is 30.3. The third-order valence-electron chi connectivity index (χ3n) is 7.51. The van der Waals surface area contributed by atoms with Crippen molar-refractivity contribution in [2.45, 2.75) is 23.6 Å². The number of aromatic nitrogens is 4. The molecular formula is C34H30CrN10NaO8S2. The van der Waals surface area contributed by atoms with E-state index in [-0.39, 0.29) is 79.5 Å². The fraction of sp³-hybridized carbons (Fsp3) is 0.118. The molecule has 22 heteroatoms. The van der Waals surface area contributed by atoms with E-state index < -0.39 is 42.7 Å². The molecule has 0 aliphatic rings. The first-order valence-corrected chi connectivity index (χ1v) is 18.6.